The average Bonchev–Trinajstić information content (AvgIpc) is 2.68. The molecule has 3 heteroatoms. The molecule has 3 nitrogen and oxygen atoms in total. The molecule has 0 spiro atoms. The van der Waals surface area contributed by atoms with E-state index in [1.54, 1.807) is 6.92 Å². The van der Waals surface area contributed by atoms with E-state index in [1.807, 2.05) is 6.92 Å². The zero-order valence-electron chi connectivity index (χ0n) is 6.35. The summed E-state index contributed by atoms with van der Waals surface area (Å²) in [4.78, 5) is 11.0. The van der Waals surface area contributed by atoms with Gasteiger partial charge in [0.05, 0.1) is 13.2 Å². The number of hydrogen-bond acceptors (Lipinski definition) is 3. The van der Waals surface area contributed by atoms with E-state index in [9.17, 15) is 4.79 Å². The minimum Gasteiger partial charge on any atom is -0.464 e. The number of carbonyl (C=O) groups is 1. The Labute approximate surface area is 60.3 Å². The van der Waals surface area contributed by atoms with E-state index in [2.05, 4.69) is 0 Å². The Morgan fingerprint density at radius 3 is 2.60 bits per heavy atom. The molecule has 0 N–H and O–H groups in total. The van der Waals surface area contributed by atoms with Gasteiger partial charge in [-0.15, -0.1) is 0 Å². The lowest BCUT2D eigenvalue weighted by Gasteiger charge is -2.06. The van der Waals surface area contributed by atoms with Crippen molar-refractivity contribution < 1.29 is 14.3 Å². The molecule has 1 aliphatic heterocycles. The van der Waals surface area contributed by atoms with Gasteiger partial charge in [-0.25, -0.2) is 4.79 Å². The van der Waals surface area contributed by atoms with Gasteiger partial charge in [-0.2, -0.15) is 0 Å². The van der Waals surface area contributed by atoms with Crippen LogP contribution in [0.4, 0.5) is 0 Å². The summed E-state index contributed by atoms with van der Waals surface area (Å²) in [6.45, 7) is 4.68. The zero-order valence-corrected chi connectivity index (χ0v) is 6.35. The van der Waals surface area contributed by atoms with E-state index < -0.39 is 5.60 Å². The van der Waals surface area contributed by atoms with Gasteiger partial charge in [-0.05, 0) is 13.3 Å². The van der Waals surface area contributed by atoms with Crippen molar-refractivity contribution in [3.8, 4) is 0 Å². The molecule has 1 rings (SSSR count). The van der Waals surface area contributed by atoms with Crippen LogP contribution in [0, 0.1) is 0 Å². The van der Waals surface area contributed by atoms with Crippen molar-refractivity contribution in [2.24, 2.45) is 0 Å². The first kappa shape index (κ1) is 7.54. The molecule has 0 aromatic carbocycles. The van der Waals surface area contributed by atoms with Crippen LogP contribution < -0.4 is 0 Å². The van der Waals surface area contributed by atoms with Gasteiger partial charge in [-0.1, -0.05) is 6.92 Å². The molecule has 0 saturated carbocycles. The van der Waals surface area contributed by atoms with Gasteiger partial charge in [0.2, 0.25) is 0 Å². The fourth-order valence-electron chi connectivity index (χ4n) is 0.816. The third-order valence-electron chi connectivity index (χ3n) is 1.71. The Bertz CT molecular complexity index is 138. The molecule has 0 bridgehead atoms. The highest BCUT2D eigenvalue weighted by atomic mass is 16.6. The van der Waals surface area contributed by atoms with E-state index in [0.29, 0.717) is 19.6 Å². The fourth-order valence-corrected chi connectivity index (χ4v) is 0.816. The van der Waals surface area contributed by atoms with Crippen LogP contribution >= 0.6 is 0 Å². The molecular weight excluding hydrogens is 132 g/mol. The standard InChI is InChI=1S/C7H12O3/c1-3-7(5-10-7)6(8)9-4-2/h3-5H2,1-2H3/t7-/m1/s1. The Morgan fingerprint density at radius 2 is 2.30 bits per heavy atom. The molecule has 1 heterocycles. The maximum Gasteiger partial charge on any atom is 0.340 e. The van der Waals surface area contributed by atoms with E-state index >= 15 is 0 Å². The number of ether oxygens (including phenoxy) is 2. The molecule has 0 amide bonds. The molecule has 58 valence electrons. The summed E-state index contributed by atoms with van der Waals surface area (Å²) in [6, 6.07) is 0. The van der Waals surface area contributed by atoms with Gasteiger partial charge in [0.15, 0.2) is 5.60 Å². The summed E-state index contributed by atoms with van der Waals surface area (Å²) in [5, 5.41) is 0. The highest BCUT2D eigenvalue weighted by Crippen LogP contribution is 2.31. The highest BCUT2D eigenvalue weighted by molar-refractivity contribution is 5.82. The summed E-state index contributed by atoms with van der Waals surface area (Å²) < 4.78 is 9.78. The van der Waals surface area contributed by atoms with E-state index in [4.69, 9.17) is 9.47 Å². The second-order valence-corrected chi connectivity index (χ2v) is 2.36. The van der Waals surface area contributed by atoms with Crippen molar-refractivity contribution in [1.29, 1.82) is 0 Å². The highest BCUT2D eigenvalue weighted by Gasteiger charge is 2.51. The predicted octanol–water partition coefficient (Wildman–Crippen LogP) is 0.728. The van der Waals surface area contributed by atoms with Crippen molar-refractivity contribution in [3.05, 3.63) is 0 Å². The Balaban J connectivity index is 2.40. The van der Waals surface area contributed by atoms with Crippen LogP contribution in [-0.2, 0) is 14.3 Å². The Kier molecular flexibility index (Phi) is 1.94. The first-order valence-corrected chi connectivity index (χ1v) is 3.56. The normalized spacial score (nSPS) is 29.8. The topological polar surface area (TPSA) is 38.8 Å². The molecule has 1 aliphatic rings. The van der Waals surface area contributed by atoms with Crippen molar-refractivity contribution in [2.45, 2.75) is 25.9 Å². The fraction of sp³-hybridized carbons (Fsp3) is 0.857. The van der Waals surface area contributed by atoms with Gasteiger partial charge < -0.3 is 9.47 Å². The van der Waals surface area contributed by atoms with E-state index in [0.717, 1.165) is 0 Å². The Morgan fingerprint density at radius 1 is 1.70 bits per heavy atom. The lowest BCUT2D eigenvalue weighted by molar-refractivity contribution is -0.149. The summed E-state index contributed by atoms with van der Waals surface area (Å²) in [5.74, 6) is -0.211. The quantitative estimate of drug-likeness (QED) is 0.433. The molecule has 0 aromatic rings. The molecular formula is C7H12O3. The monoisotopic (exact) mass is 144 g/mol. The molecule has 0 aliphatic carbocycles. The second-order valence-electron chi connectivity index (χ2n) is 2.36. The second kappa shape index (κ2) is 2.58. The van der Waals surface area contributed by atoms with Gasteiger partial charge in [0.1, 0.15) is 0 Å². The minimum atomic E-state index is -0.560. The van der Waals surface area contributed by atoms with Crippen molar-refractivity contribution >= 4 is 5.97 Å². The van der Waals surface area contributed by atoms with Crippen LogP contribution in [0.5, 0.6) is 0 Å². The Hall–Kier alpha value is -0.570. The van der Waals surface area contributed by atoms with Crippen LogP contribution in [0.2, 0.25) is 0 Å². The third-order valence-corrected chi connectivity index (χ3v) is 1.71. The van der Waals surface area contributed by atoms with Gasteiger partial charge >= 0.3 is 5.97 Å². The molecule has 10 heavy (non-hydrogen) atoms. The largest absolute Gasteiger partial charge is 0.464 e. The number of hydrogen-bond donors (Lipinski definition) is 0. The number of rotatable bonds is 3. The summed E-state index contributed by atoms with van der Waals surface area (Å²) in [5.41, 5.74) is -0.560. The molecule has 0 aromatic heterocycles. The van der Waals surface area contributed by atoms with Crippen LogP contribution in [-0.4, -0.2) is 24.8 Å². The van der Waals surface area contributed by atoms with E-state index in [-0.39, 0.29) is 5.97 Å². The van der Waals surface area contributed by atoms with Gasteiger partial charge in [0, 0.05) is 0 Å². The lowest BCUT2D eigenvalue weighted by Crippen LogP contribution is -2.25. The number of epoxide rings is 1. The first-order chi connectivity index (χ1) is 4.75. The van der Waals surface area contributed by atoms with E-state index in [1.165, 1.54) is 0 Å². The molecule has 1 saturated heterocycles. The molecule has 1 fully saturated rings. The number of carbonyl (C=O) groups excluding carboxylic acids is 1. The van der Waals surface area contributed by atoms with Crippen LogP contribution in [0.1, 0.15) is 20.3 Å². The number of esters is 1. The van der Waals surface area contributed by atoms with Gasteiger partial charge in [-0.3, -0.25) is 0 Å². The smallest absolute Gasteiger partial charge is 0.340 e. The average molecular weight is 144 g/mol. The van der Waals surface area contributed by atoms with Crippen molar-refractivity contribution in [1.82, 2.24) is 0 Å². The summed E-state index contributed by atoms with van der Waals surface area (Å²) in [6.07, 6.45) is 0.714. The van der Waals surface area contributed by atoms with Crippen molar-refractivity contribution in [3.63, 3.8) is 0 Å². The zero-order chi connectivity index (χ0) is 7.61. The van der Waals surface area contributed by atoms with Crippen LogP contribution in [0.15, 0.2) is 0 Å². The lowest BCUT2D eigenvalue weighted by atomic mass is 10.1. The summed E-state index contributed by atoms with van der Waals surface area (Å²) in [7, 11) is 0. The SMILES string of the molecule is CCOC(=O)[C@@]1(CC)CO1. The van der Waals surface area contributed by atoms with Gasteiger partial charge in [0.25, 0.3) is 0 Å². The maximum atomic E-state index is 11.0. The van der Waals surface area contributed by atoms with Crippen LogP contribution in [0.25, 0.3) is 0 Å². The maximum absolute atomic E-state index is 11.0. The third kappa shape index (κ3) is 1.14. The molecule has 0 unspecified atom stereocenters. The molecule has 1 atom stereocenters. The first-order valence-electron chi connectivity index (χ1n) is 3.56. The van der Waals surface area contributed by atoms with Crippen LogP contribution in [0.3, 0.4) is 0 Å². The minimum absolute atomic E-state index is 0.211. The predicted molar refractivity (Wildman–Crippen MR) is 35.6 cm³/mol. The van der Waals surface area contributed by atoms with Crippen molar-refractivity contribution in [2.75, 3.05) is 13.2 Å². The summed E-state index contributed by atoms with van der Waals surface area (Å²) >= 11 is 0. The molecule has 0 radical (unpaired) electrons.